The molecular formula is C13H15BrN4O2. The molecule has 2 rings (SSSR count). The van der Waals surface area contributed by atoms with E-state index in [0.29, 0.717) is 29.9 Å². The molecule has 0 aliphatic heterocycles. The minimum absolute atomic E-state index is 0.182. The third-order valence-corrected chi connectivity index (χ3v) is 3.46. The minimum atomic E-state index is -0.182. The van der Waals surface area contributed by atoms with Crippen LogP contribution in [0.3, 0.4) is 0 Å². The predicted molar refractivity (Wildman–Crippen MR) is 79.6 cm³/mol. The average molecular weight is 339 g/mol. The molecule has 106 valence electrons. The van der Waals surface area contributed by atoms with Crippen LogP contribution >= 0.6 is 15.9 Å². The van der Waals surface area contributed by atoms with E-state index in [1.165, 1.54) is 4.68 Å². The van der Waals surface area contributed by atoms with E-state index in [9.17, 15) is 4.79 Å². The number of ether oxygens (including phenoxy) is 1. The molecular weight excluding hydrogens is 324 g/mol. The summed E-state index contributed by atoms with van der Waals surface area (Å²) < 4.78 is 6.77. The van der Waals surface area contributed by atoms with Crippen molar-refractivity contribution in [2.24, 2.45) is 0 Å². The van der Waals surface area contributed by atoms with Crippen molar-refractivity contribution in [3.8, 4) is 0 Å². The monoisotopic (exact) mass is 338 g/mol. The third-order valence-electron chi connectivity index (χ3n) is 2.70. The predicted octanol–water partition coefficient (Wildman–Crippen LogP) is 1.66. The summed E-state index contributed by atoms with van der Waals surface area (Å²) in [6.07, 6.45) is 5.11. The third kappa shape index (κ3) is 3.64. The molecule has 0 atom stereocenters. The number of hydrogen-bond donors (Lipinski definition) is 1. The van der Waals surface area contributed by atoms with E-state index in [2.05, 4.69) is 31.3 Å². The number of halogens is 1. The van der Waals surface area contributed by atoms with Crippen LogP contribution in [-0.4, -0.2) is 28.5 Å². The quantitative estimate of drug-likeness (QED) is 0.867. The standard InChI is InChI=1S/C13H15BrN4O2/c1-20-6-5-18-13(19)12(14)11(9-17-18)16-8-10-3-2-4-15-7-10/h2-4,7,9,16H,5-6,8H2,1H3. The Morgan fingerprint density at radius 1 is 1.45 bits per heavy atom. The van der Waals surface area contributed by atoms with Crippen LogP contribution in [0.15, 0.2) is 40.0 Å². The van der Waals surface area contributed by atoms with E-state index in [-0.39, 0.29) is 5.56 Å². The lowest BCUT2D eigenvalue weighted by Gasteiger charge is -2.10. The van der Waals surface area contributed by atoms with Gasteiger partial charge in [0.1, 0.15) is 4.47 Å². The van der Waals surface area contributed by atoms with Crippen molar-refractivity contribution >= 4 is 21.6 Å². The maximum atomic E-state index is 12.1. The summed E-state index contributed by atoms with van der Waals surface area (Å²) in [6, 6.07) is 3.83. The molecule has 0 aromatic carbocycles. The van der Waals surface area contributed by atoms with E-state index < -0.39 is 0 Å². The van der Waals surface area contributed by atoms with Gasteiger partial charge in [0.05, 0.1) is 25.0 Å². The Labute approximate surface area is 124 Å². The number of hydrogen-bond acceptors (Lipinski definition) is 5. The summed E-state index contributed by atoms with van der Waals surface area (Å²) in [4.78, 5) is 16.1. The van der Waals surface area contributed by atoms with Crippen LogP contribution in [0.2, 0.25) is 0 Å². The number of pyridine rings is 1. The molecule has 2 aromatic heterocycles. The van der Waals surface area contributed by atoms with Gasteiger partial charge in [0.25, 0.3) is 5.56 Å². The van der Waals surface area contributed by atoms with Crippen molar-refractivity contribution in [3.05, 3.63) is 51.1 Å². The highest BCUT2D eigenvalue weighted by Gasteiger charge is 2.08. The Hall–Kier alpha value is -1.73. The summed E-state index contributed by atoms with van der Waals surface area (Å²) in [5, 5.41) is 7.26. The largest absolute Gasteiger partial charge is 0.383 e. The molecule has 0 bridgehead atoms. The summed E-state index contributed by atoms with van der Waals surface area (Å²) in [5.41, 5.74) is 1.51. The first-order valence-corrected chi connectivity index (χ1v) is 6.89. The molecule has 1 N–H and O–H groups in total. The van der Waals surface area contributed by atoms with Gasteiger partial charge in [0.2, 0.25) is 0 Å². The number of anilines is 1. The highest BCUT2D eigenvalue weighted by Crippen LogP contribution is 2.16. The van der Waals surface area contributed by atoms with Crippen molar-refractivity contribution in [2.75, 3.05) is 19.0 Å². The van der Waals surface area contributed by atoms with Crippen molar-refractivity contribution in [1.82, 2.24) is 14.8 Å². The fourth-order valence-corrected chi connectivity index (χ4v) is 2.07. The van der Waals surface area contributed by atoms with Gasteiger partial charge in [-0.05, 0) is 27.6 Å². The summed E-state index contributed by atoms with van der Waals surface area (Å²) >= 11 is 3.30. The van der Waals surface area contributed by atoms with Crippen molar-refractivity contribution < 1.29 is 4.74 Å². The van der Waals surface area contributed by atoms with Gasteiger partial charge in [-0.25, -0.2) is 4.68 Å². The van der Waals surface area contributed by atoms with Crippen LogP contribution in [0.5, 0.6) is 0 Å². The highest BCUT2D eigenvalue weighted by molar-refractivity contribution is 9.10. The zero-order chi connectivity index (χ0) is 14.4. The molecule has 0 saturated heterocycles. The first-order chi connectivity index (χ1) is 9.72. The fraction of sp³-hybridized carbons (Fsp3) is 0.308. The number of aromatic nitrogens is 3. The second-order valence-electron chi connectivity index (χ2n) is 4.11. The summed E-state index contributed by atoms with van der Waals surface area (Å²) in [7, 11) is 1.59. The Kier molecular flexibility index (Phi) is 5.25. The maximum Gasteiger partial charge on any atom is 0.283 e. The molecule has 2 aromatic rings. The molecule has 0 unspecified atom stereocenters. The van der Waals surface area contributed by atoms with Crippen LogP contribution in [0, 0.1) is 0 Å². The Balaban J connectivity index is 2.09. The van der Waals surface area contributed by atoms with Crippen LogP contribution < -0.4 is 10.9 Å². The van der Waals surface area contributed by atoms with Crippen molar-refractivity contribution in [3.63, 3.8) is 0 Å². The smallest absolute Gasteiger partial charge is 0.283 e. The molecule has 0 spiro atoms. The van der Waals surface area contributed by atoms with Crippen molar-refractivity contribution in [1.29, 1.82) is 0 Å². The van der Waals surface area contributed by atoms with Crippen LogP contribution in [0.4, 0.5) is 5.69 Å². The van der Waals surface area contributed by atoms with E-state index in [0.717, 1.165) is 5.56 Å². The molecule has 0 radical (unpaired) electrons. The van der Waals surface area contributed by atoms with Gasteiger partial charge in [0.15, 0.2) is 0 Å². The molecule has 20 heavy (non-hydrogen) atoms. The highest BCUT2D eigenvalue weighted by atomic mass is 79.9. The lowest BCUT2D eigenvalue weighted by Crippen LogP contribution is -2.26. The van der Waals surface area contributed by atoms with Crippen LogP contribution in [0.1, 0.15) is 5.56 Å². The number of rotatable bonds is 6. The van der Waals surface area contributed by atoms with Gasteiger partial charge < -0.3 is 10.1 Å². The van der Waals surface area contributed by atoms with Gasteiger partial charge in [-0.3, -0.25) is 9.78 Å². The summed E-state index contributed by atoms with van der Waals surface area (Å²) in [6.45, 7) is 1.45. The molecule has 0 aliphatic carbocycles. The van der Waals surface area contributed by atoms with Crippen LogP contribution in [-0.2, 0) is 17.8 Å². The molecule has 7 heteroatoms. The van der Waals surface area contributed by atoms with Gasteiger partial charge in [-0.2, -0.15) is 5.10 Å². The topological polar surface area (TPSA) is 69.0 Å². The molecule has 0 aliphatic rings. The van der Waals surface area contributed by atoms with E-state index in [1.54, 1.807) is 25.7 Å². The normalized spacial score (nSPS) is 10.5. The maximum absolute atomic E-state index is 12.1. The van der Waals surface area contributed by atoms with Gasteiger partial charge >= 0.3 is 0 Å². The fourth-order valence-electron chi connectivity index (χ4n) is 1.63. The Bertz CT molecular complexity index is 616. The average Bonchev–Trinajstić information content (AvgIpc) is 2.49. The second-order valence-corrected chi connectivity index (χ2v) is 4.90. The van der Waals surface area contributed by atoms with E-state index >= 15 is 0 Å². The molecule has 0 saturated carbocycles. The first-order valence-electron chi connectivity index (χ1n) is 6.09. The van der Waals surface area contributed by atoms with Gasteiger partial charge in [-0.1, -0.05) is 6.07 Å². The number of methoxy groups -OCH3 is 1. The first kappa shape index (κ1) is 14.7. The van der Waals surface area contributed by atoms with Crippen molar-refractivity contribution in [2.45, 2.75) is 13.1 Å². The molecule has 2 heterocycles. The molecule has 0 amide bonds. The second kappa shape index (κ2) is 7.16. The minimum Gasteiger partial charge on any atom is -0.383 e. The number of nitrogens with one attached hydrogen (secondary N) is 1. The zero-order valence-corrected chi connectivity index (χ0v) is 12.6. The van der Waals surface area contributed by atoms with E-state index in [1.807, 2.05) is 12.1 Å². The number of nitrogens with zero attached hydrogens (tertiary/aromatic N) is 3. The Morgan fingerprint density at radius 3 is 3.00 bits per heavy atom. The lowest BCUT2D eigenvalue weighted by molar-refractivity contribution is 0.181. The summed E-state index contributed by atoms with van der Waals surface area (Å²) in [5.74, 6) is 0. The van der Waals surface area contributed by atoms with Gasteiger partial charge in [-0.15, -0.1) is 0 Å². The molecule has 0 fully saturated rings. The SMILES string of the molecule is COCCn1ncc(NCc2cccnc2)c(Br)c1=O. The zero-order valence-electron chi connectivity index (χ0n) is 11.0. The molecule has 6 nitrogen and oxygen atoms in total. The van der Waals surface area contributed by atoms with E-state index in [4.69, 9.17) is 4.74 Å². The van der Waals surface area contributed by atoms with Crippen LogP contribution in [0.25, 0.3) is 0 Å². The lowest BCUT2D eigenvalue weighted by atomic mass is 10.3. The van der Waals surface area contributed by atoms with Gasteiger partial charge in [0, 0.05) is 26.0 Å². The Morgan fingerprint density at radius 2 is 2.30 bits per heavy atom.